The van der Waals surface area contributed by atoms with Crippen LogP contribution in [0.3, 0.4) is 0 Å². The largest absolute Gasteiger partial charge is 0.377 e. The Morgan fingerprint density at radius 1 is 1.00 bits per heavy atom. The maximum Gasteiger partial charge on any atom is 0.269 e. The first-order valence-corrected chi connectivity index (χ1v) is 6.41. The van der Waals surface area contributed by atoms with E-state index in [2.05, 4.69) is 10.2 Å². The maximum absolute atomic E-state index is 10.6. The van der Waals surface area contributed by atoms with E-state index in [1.54, 1.807) is 12.1 Å². The number of rotatable bonds is 4. The molecule has 0 heterocycles. The number of nitrogens with zero attached hydrogens (tertiary/aromatic N) is 4. The molecule has 6 heteroatoms. The Kier molecular flexibility index (Phi) is 4.27. The van der Waals surface area contributed by atoms with Gasteiger partial charge in [-0.15, -0.1) is 0 Å². The van der Waals surface area contributed by atoms with Gasteiger partial charge in [-0.05, 0) is 42.8 Å². The van der Waals surface area contributed by atoms with Gasteiger partial charge in [0.05, 0.1) is 16.3 Å². The lowest BCUT2D eigenvalue weighted by atomic mass is 10.1. The van der Waals surface area contributed by atoms with Crippen molar-refractivity contribution in [2.75, 3.05) is 19.0 Å². The SMILES string of the molecule is Cc1cc(N=Nc2ccc([N+](=O)[O-])cc2)ccc1N(C)C. The molecular formula is C15H16N4O2. The highest BCUT2D eigenvalue weighted by Gasteiger charge is 2.04. The molecule has 6 nitrogen and oxygen atoms in total. The van der Waals surface area contributed by atoms with E-state index < -0.39 is 4.92 Å². The van der Waals surface area contributed by atoms with Gasteiger partial charge in [0.2, 0.25) is 0 Å². The first kappa shape index (κ1) is 14.6. The minimum absolute atomic E-state index is 0.0418. The highest BCUT2D eigenvalue weighted by molar-refractivity contribution is 5.58. The quantitative estimate of drug-likeness (QED) is 0.475. The summed E-state index contributed by atoms with van der Waals surface area (Å²) in [4.78, 5) is 12.2. The molecule has 0 amide bonds. The zero-order chi connectivity index (χ0) is 15.4. The molecule has 0 N–H and O–H groups in total. The standard InChI is InChI=1S/C15H16N4O2/c1-11-10-13(6-9-15(11)18(2)3)17-16-12-4-7-14(8-5-12)19(20)21/h4-10H,1-3H3. The van der Waals surface area contributed by atoms with Crippen LogP contribution >= 0.6 is 0 Å². The zero-order valence-electron chi connectivity index (χ0n) is 12.1. The molecule has 21 heavy (non-hydrogen) atoms. The third-order valence-electron chi connectivity index (χ3n) is 3.00. The van der Waals surface area contributed by atoms with E-state index in [0.717, 1.165) is 16.9 Å². The molecule has 0 aliphatic heterocycles. The van der Waals surface area contributed by atoms with Gasteiger partial charge < -0.3 is 4.90 Å². The van der Waals surface area contributed by atoms with Crippen molar-refractivity contribution in [3.8, 4) is 0 Å². The fourth-order valence-corrected chi connectivity index (χ4v) is 1.96. The van der Waals surface area contributed by atoms with Crippen LogP contribution in [0.25, 0.3) is 0 Å². The predicted molar refractivity (Wildman–Crippen MR) is 82.8 cm³/mol. The minimum atomic E-state index is -0.440. The summed E-state index contributed by atoms with van der Waals surface area (Å²) in [7, 11) is 3.97. The Morgan fingerprint density at radius 3 is 2.10 bits per heavy atom. The van der Waals surface area contributed by atoms with Crippen LogP contribution in [-0.4, -0.2) is 19.0 Å². The average Bonchev–Trinajstić information content (AvgIpc) is 2.45. The van der Waals surface area contributed by atoms with Gasteiger partial charge in [0.25, 0.3) is 5.69 Å². The predicted octanol–water partition coefficient (Wildman–Crippen LogP) is 4.38. The van der Waals surface area contributed by atoms with Gasteiger partial charge in [-0.2, -0.15) is 10.2 Å². The molecular weight excluding hydrogens is 268 g/mol. The number of nitro groups is 1. The highest BCUT2D eigenvalue weighted by Crippen LogP contribution is 2.25. The topological polar surface area (TPSA) is 71.1 Å². The molecule has 0 fully saturated rings. The van der Waals surface area contributed by atoms with Crippen LogP contribution < -0.4 is 4.90 Å². The van der Waals surface area contributed by atoms with Crippen molar-refractivity contribution in [1.82, 2.24) is 0 Å². The summed E-state index contributed by atoms with van der Waals surface area (Å²) in [6.07, 6.45) is 0. The number of azo groups is 1. The van der Waals surface area contributed by atoms with Gasteiger partial charge in [0.1, 0.15) is 0 Å². The van der Waals surface area contributed by atoms with Crippen LogP contribution in [0.5, 0.6) is 0 Å². The fourth-order valence-electron chi connectivity index (χ4n) is 1.96. The highest BCUT2D eigenvalue weighted by atomic mass is 16.6. The number of anilines is 1. The molecule has 2 aromatic carbocycles. The normalized spacial score (nSPS) is 10.8. The molecule has 0 aliphatic rings. The van der Waals surface area contributed by atoms with Gasteiger partial charge in [-0.3, -0.25) is 10.1 Å². The second kappa shape index (κ2) is 6.13. The number of benzene rings is 2. The monoisotopic (exact) mass is 284 g/mol. The average molecular weight is 284 g/mol. The van der Waals surface area contributed by atoms with E-state index in [0.29, 0.717) is 5.69 Å². The number of hydrogen-bond donors (Lipinski definition) is 0. The Labute approximate surface area is 122 Å². The summed E-state index contributed by atoms with van der Waals surface area (Å²) in [5.41, 5.74) is 3.61. The first-order chi connectivity index (χ1) is 9.97. The lowest BCUT2D eigenvalue weighted by molar-refractivity contribution is -0.384. The molecule has 0 radical (unpaired) electrons. The van der Waals surface area contributed by atoms with E-state index in [1.807, 2.05) is 44.1 Å². The van der Waals surface area contributed by atoms with Crippen LogP contribution in [-0.2, 0) is 0 Å². The minimum Gasteiger partial charge on any atom is -0.377 e. The molecule has 0 spiro atoms. The van der Waals surface area contributed by atoms with Crippen molar-refractivity contribution in [3.63, 3.8) is 0 Å². The van der Waals surface area contributed by atoms with Crippen LogP contribution in [0.1, 0.15) is 5.56 Å². The van der Waals surface area contributed by atoms with Crippen molar-refractivity contribution >= 4 is 22.7 Å². The van der Waals surface area contributed by atoms with Crippen LogP contribution in [0, 0.1) is 17.0 Å². The van der Waals surface area contributed by atoms with Crippen molar-refractivity contribution < 1.29 is 4.92 Å². The molecule has 0 aromatic heterocycles. The summed E-state index contributed by atoms with van der Waals surface area (Å²) in [6.45, 7) is 2.01. The zero-order valence-corrected chi connectivity index (χ0v) is 12.1. The Balaban J connectivity index is 2.17. The summed E-state index contributed by atoms with van der Waals surface area (Å²) < 4.78 is 0. The lowest BCUT2D eigenvalue weighted by Gasteiger charge is -2.15. The van der Waals surface area contributed by atoms with Gasteiger partial charge in [-0.25, -0.2) is 0 Å². The van der Waals surface area contributed by atoms with Crippen molar-refractivity contribution in [3.05, 3.63) is 58.1 Å². The molecule has 108 valence electrons. The van der Waals surface area contributed by atoms with E-state index >= 15 is 0 Å². The summed E-state index contributed by atoms with van der Waals surface area (Å²) >= 11 is 0. The van der Waals surface area contributed by atoms with E-state index in [1.165, 1.54) is 12.1 Å². The molecule has 2 rings (SSSR count). The summed E-state index contributed by atoms with van der Waals surface area (Å²) in [5, 5.41) is 18.8. The lowest BCUT2D eigenvalue weighted by Crippen LogP contribution is -2.09. The molecule has 2 aromatic rings. The molecule has 0 saturated carbocycles. The van der Waals surface area contributed by atoms with Crippen LogP contribution in [0.2, 0.25) is 0 Å². The third-order valence-corrected chi connectivity index (χ3v) is 3.00. The molecule has 0 bridgehead atoms. The van der Waals surface area contributed by atoms with E-state index in [-0.39, 0.29) is 5.69 Å². The van der Waals surface area contributed by atoms with E-state index in [9.17, 15) is 10.1 Å². The van der Waals surface area contributed by atoms with Gasteiger partial charge >= 0.3 is 0 Å². The van der Waals surface area contributed by atoms with Crippen LogP contribution in [0.15, 0.2) is 52.7 Å². The Hall–Kier alpha value is -2.76. The van der Waals surface area contributed by atoms with Crippen molar-refractivity contribution in [2.45, 2.75) is 6.92 Å². The molecule has 0 atom stereocenters. The van der Waals surface area contributed by atoms with Gasteiger partial charge in [-0.1, -0.05) is 0 Å². The smallest absolute Gasteiger partial charge is 0.269 e. The van der Waals surface area contributed by atoms with Gasteiger partial charge in [0, 0.05) is 31.9 Å². The molecule has 0 saturated heterocycles. The van der Waals surface area contributed by atoms with E-state index in [4.69, 9.17) is 0 Å². The second-order valence-corrected chi connectivity index (χ2v) is 4.84. The number of non-ortho nitro benzene ring substituents is 1. The Morgan fingerprint density at radius 2 is 1.57 bits per heavy atom. The third kappa shape index (κ3) is 3.62. The van der Waals surface area contributed by atoms with Crippen LogP contribution in [0.4, 0.5) is 22.7 Å². The van der Waals surface area contributed by atoms with Crippen molar-refractivity contribution in [2.24, 2.45) is 10.2 Å². The molecule has 0 unspecified atom stereocenters. The number of aryl methyl sites for hydroxylation is 1. The van der Waals surface area contributed by atoms with Crippen molar-refractivity contribution in [1.29, 1.82) is 0 Å². The fraction of sp³-hybridized carbons (Fsp3) is 0.200. The second-order valence-electron chi connectivity index (χ2n) is 4.84. The number of hydrogen-bond acceptors (Lipinski definition) is 5. The summed E-state index contributed by atoms with van der Waals surface area (Å²) in [5.74, 6) is 0. The maximum atomic E-state index is 10.6. The van der Waals surface area contributed by atoms with Gasteiger partial charge in [0.15, 0.2) is 0 Å². The molecule has 0 aliphatic carbocycles. The number of nitro benzene ring substituents is 1. The summed E-state index contributed by atoms with van der Waals surface area (Å²) in [6, 6.07) is 11.8. The first-order valence-electron chi connectivity index (χ1n) is 6.41. The Bertz CT molecular complexity index is 679.